The van der Waals surface area contributed by atoms with Crippen LogP contribution in [0.1, 0.15) is 12.5 Å². The zero-order chi connectivity index (χ0) is 22.4. The van der Waals surface area contributed by atoms with Crippen molar-refractivity contribution in [2.45, 2.75) is 28.8 Å². The lowest BCUT2D eigenvalue weighted by Gasteiger charge is -2.14. The van der Waals surface area contributed by atoms with Crippen molar-refractivity contribution in [1.82, 2.24) is 15.0 Å². The van der Waals surface area contributed by atoms with Crippen molar-refractivity contribution in [2.75, 3.05) is 11.3 Å². The first kappa shape index (κ1) is 22.8. The SMILES string of the molecule is CC(CO)Oc1cc(NS(=O)(=O)c2ccncc2)nc(SCc2cccc(F)c2F)n1. The summed E-state index contributed by atoms with van der Waals surface area (Å²) in [7, 11) is -3.96. The van der Waals surface area contributed by atoms with Crippen LogP contribution in [0.25, 0.3) is 0 Å². The van der Waals surface area contributed by atoms with Gasteiger partial charge in [-0.3, -0.25) is 9.71 Å². The summed E-state index contributed by atoms with van der Waals surface area (Å²) < 4.78 is 60.3. The first-order valence-corrected chi connectivity index (χ1v) is 11.4. The van der Waals surface area contributed by atoms with Crippen LogP contribution in [0.15, 0.2) is 58.8 Å². The maximum Gasteiger partial charge on any atom is 0.263 e. The van der Waals surface area contributed by atoms with E-state index in [4.69, 9.17) is 4.74 Å². The van der Waals surface area contributed by atoms with E-state index >= 15 is 0 Å². The molecule has 2 N–H and O–H groups in total. The zero-order valence-electron chi connectivity index (χ0n) is 16.2. The Morgan fingerprint density at radius 2 is 1.94 bits per heavy atom. The number of aliphatic hydroxyl groups is 1. The monoisotopic (exact) mass is 468 g/mol. The Bertz CT molecular complexity index is 1150. The number of sulfonamides is 1. The molecule has 3 rings (SSSR count). The highest BCUT2D eigenvalue weighted by Gasteiger charge is 2.18. The van der Waals surface area contributed by atoms with Gasteiger partial charge in [0.2, 0.25) is 5.88 Å². The molecule has 3 aromatic rings. The van der Waals surface area contributed by atoms with Gasteiger partial charge in [0.25, 0.3) is 10.0 Å². The normalized spacial score (nSPS) is 12.4. The van der Waals surface area contributed by atoms with Crippen LogP contribution in [0.3, 0.4) is 0 Å². The molecule has 1 atom stereocenters. The van der Waals surface area contributed by atoms with Crippen molar-refractivity contribution in [3.63, 3.8) is 0 Å². The van der Waals surface area contributed by atoms with Gasteiger partial charge in [0.15, 0.2) is 16.8 Å². The molecule has 31 heavy (non-hydrogen) atoms. The molecule has 8 nitrogen and oxygen atoms in total. The second kappa shape index (κ2) is 9.98. The summed E-state index contributed by atoms with van der Waals surface area (Å²) in [6.45, 7) is 1.30. The van der Waals surface area contributed by atoms with Gasteiger partial charge in [0.05, 0.1) is 11.5 Å². The number of benzene rings is 1. The number of ether oxygens (including phenoxy) is 1. The second-order valence-electron chi connectivity index (χ2n) is 6.28. The molecule has 0 aliphatic carbocycles. The number of aromatic nitrogens is 3. The van der Waals surface area contributed by atoms with Crippen LogP contribution in [-0.4, -0.2) is 41.2 Å². The Morgan fingerprint density at radius 1 is 1.19 bits per heavy atom. The van der Waals surface area contributed by atoms with E-state index in [9.17, 15) is 22.3 Å². The third-order valence-electron chi connectivity index (χ3n) is 3.85. The van der Waals surface area contributed by atoms with E-state index in [1.54, 1.807) is 6.92 Å². The van der Waals surface area contributed by atoms with Crippen LogP contribution < -0.4 is 9.46 Å². The van der Waals surface area contributed by atoms with Crippen LogP contribution in [0.4, 0.5) is 14.6 Å². The van der Waals surface area contributed by atoms with E-state index in [1.807, 2.05) is 0 Å². The van der Waals surface area contributed by atoms with Crippen molar-refractivity contribution >= 4 is 27.6 Å². The predicted octanol–water partition coefficient (Wildman–Crippen LogP) is 3.00. The molecule has 0 saturated carbocycles. The minimum absolute atomic E-state index is 0.000848. The molecule has 0 spiro atoms. The van der Waals surface area contributed by atoms with E-state index < -0.39 is 27.8 Å². The highest BCUT2D eigenvalue weighted by atomic mass is 32.2. The number of aliphatic hydroxyl groups excluding tert-OH is 1. The molecule has 164 valence electrons. The van der Waals surface area contributed by atoms with Gasteiger partial charge in [0, 0.05) is 29.8 Å². The Morgan fingerprint density at radius 3 is 2.65 bits per heavy atom. The summed E-state index contributed by atoms with van der Waals surface area (Å²) >= 11 is 0.965. The van der Waals surface area contributed by atoms with E-state index in [1.165, 1.54) is 42.7 Å². The maximum absolute atomic E-state index is 13.9. The maximum atomic E-state index is 13.9. The average Bonchev–Trinajstić information content (AvgIpc) is 2.75. The molecule has 1 unspecified atom stereocenters. The van der Waals surface area contributed by atoms with Gasteiger partial charge in [0.1, 0.15) is 11.9 Å². The summed E-state index contributed by atoms with van der Waals surface area (Å²) in [5.74, 6) is -2.03. The molecule has 0 radical (unpaired) electrons. The van der Waals surface area contributed by atoms with Crippen molar-refractivity contribution < 1.29 is 27.0 Å². The topological polar surface area (TPSA) is 114 Å². The van der Waals surface area contributed by atoms with Crippen molar-refractivity contribution in [2.24, 2.45) is 0 Å². The van der Waals surface area contributed by atoms with Gasteiger partial charge >= 0.3 is 0 Å². The lowest BCUT2D eigenvalue weighted by molar-refractivity contribution is 0.124. The van der Waals surface area contributed by atoms with E-state index in [0.717, 1.165) is 17.8 Å². The molecular weight excluding hydrogens is 450 g/mol. The van der Waals surface area contributed by atoms with Crippen LogP contribution in [0.5, 0.6) is 5.88 Å². The molecule has 2 aromatic heterocycles. The van der Waals surface area contributed by atoms with Crippen LogP contribution in [-0.2, 0) is 15.8 Å². The average molecular weight is 469 g/mol. The molecular formula is C19H18F2N4O4S2. The predicted molar refractivity (Wildman–Crippen MR) is 110 cm³/mol. The highest BCUT2D eigenvalue weighted by Crippen LogP contribution is 2.27. The fourth-order valence-corrected chi connectivity index (χ4v) is 4.14. The van der Waals surface area contributed by atoms with Gasteiger partial charge in [-0.05, 0) is 25.1 Å². The van der Waals surface area contributed by atoms with Gasteiger partial charge in [-0.25, -0.2) is 22.2 Å². The fourth-order valence-electron chi connectivity index (χ4n) is 2.34. The first-order valence-electron chi connectivity index (χ1n) is 8.93. The number of hydrogen-bond acceptors (Lipinski definition) is 8. The number of anilines is 1. The third kappa shape index (κ3) is 6.09. The smallest absolute Gasteiger partial charge is 0.263 e. The molecule has 0 aliphatic rings. The third-order valence-corrected chi connectivity index (χ3v) is 6.12. The second-order valence-corrected chi connectivity index (χ2v) is 8.90. The molecule has 0 fully saturated rings. The summed E-state index contributed by atoms with van der Waals surface area (Å²) in [5.41, 5.74) is 0.0996. The zero-order valence-corrected chi connectivity index (χ0v) is 17.8. The Kier molecular flexibility index (Phi) is 7.36. The molecule has 1 aromatic carbocycles. The Hall–Kier alpha value is -2.83. The van der Waals surface area contributed by atoms with Crippen LogP contribution in [0, 0.1) is 11.6 Å². The van der Waals surface area contributed by atoms with E-state index in [2.05, 4.69) is 19.7 Å². The summed E-state index contributed by atoms with van der Waals surface area (Å²) in [4.78, 5) is 12.0. The number of halogens is 2. The lowest BCUT2D eigenvalue weighted by atomic mass is 10.2. The van der Waals surface area contributed by atoms with E-state index in [-0.39, 0.29) is 39.7 Å². The van der Waals surface area contributed by atoms with Gasteiger partial charge in [-0.1, -0.05) is 23.9 Å². The standard InChI is InChI=1S/C19H18F2N4O4S2/c1-12(10-26)29-17-9-16(25-31(27,28)14-5-7-22-8-6-14)23-19(24-17)30-11-13-3-2-4-15(20)18(13)21/h2-9,12,26H,10-11H2,1H3,(H,23,24,25). The van der Waals surface area contributed by atoms with Gasteiger partial charge in [-0.2, -0.15) is 4.98 Å². The largest absolute Gasteiger partial charge is 0.472 e. The molecule has 0 aliphatic heterocycles. The van der Waals surface area contributed by atoms with Crippen LogP contribution in [0.2, 0.25) is 0 Å². The van der Waals surface area contributed by atoms with Gasteiger partial charge < -0.3 is 9.84 Å². The quantitative estimate of drug-likeness (QED) is 0.364. The summed E-state index contributed by atoms with van der Waals surface area (Å²) in [6.07, 6.45) is 2.06. The fraction of sp³-hybridized carbons (Fsp3) is 0.211. The molecule has 0 amide bonds. The molecule has 0 saturated heterocycles. The number of pyridine rings is 1. The molecule has 0 bridgehead atoms. The molecule has 2 heterocycles. The van der Waals surface area contributed by atoms with Crippen molar-refractivity contribution in [1.29, 1.82) is 0 Å². The lowest BCUT2D eigenvalue weighted by Crippen LogP contribution is -2.18. The van der Waals surface area contributed by atoms with Gasteiger partial charge in [-0.15, -0.1) is 0 Å². The summed E-state index contributed by atoms with van der Waals surface area (Å²) in [5, 5.41) is 9.28. The Balaban J connectivity index is 1.88. The number of nitrogens with one attached hydrogen (secondary N) is 1. The number of rotatable bonds is 9. The Labute approximate surface area is 181 Å². The molecule has 12 heteroatoms. The van der Waals surface area contributed by atoms with E-state index in [0.29, 0.717) is 0 Å². The number of thioether (sulfide) groups is 1. The van der Waals surface area contributed by atoms with Crippen LogP contribution >= 0.6 is 11.8 Å². The minimum Gasteiger partial charge on any atom is -0.472 e. The number of hydrogen-bond donors (Lipinski definition) is 2. The first-order chi connectivity index (χ1) is 14.8. The summed E-state index contributed by atoms with van der Waals surface area (Å²) in [6, 6.07) is 7.71. The van der Waals surface area contributed by atoms with Crippen molar-refractivity contribution in [3.05, 3.63) is 66.0 Å². The van der Waals surface area contributed by atoms with Crippen molar-refractivity contribution in [3.8, 4) is 5.88 Å². The highest BCUT2D eigenvalue weighted by molar-refractivity contribution is 7.98. The number of nitrogens with zero attached hydrogens (tertiary/aromatic N) is 3. The minimum atomic E-state index is -3.96.